The number of esters is 1. The monoisotopic (exact) mass is 254 g/mol. The van der Waals surface area contributed by atoms with Crippen molar-refractivity contribution in [2.24, 2.45) is 5.92 Å². The minimum Gasteiger partial charge on any atom is -0.465 e. The van der Waals surface area contributed by atoms with Crippen molar-refractivity contribution in [1.82, 2.24) is 4.98 Å². The maximum atomic E-state index is 11.3. The maximum Gasteiger partial charge on any atom is 0.349 e. The van der Waals surface area contributed by atoms with Gasteiger partial charge in [0.1, 0.15) is 4.88 Å². The van der Waals surface area contributed by atoms with Crippen molar-refractivity contribution < 1.29 is 9.53 Å². The van der Waals surface area contributed by atoms with Gasteiger partial charge in [-0.05, 0) is 18.8 Å². The summed E-state index contributed by atoms with van der Waals surface area (Å²) < 4.78 is 4.68. The first-order valence-electron chi connectivity index (χ1n) is 6.03. The quantitative estimate of drug-likeness (QED) is 0.774. The molecule has 0 spiro atoms. The largest absolute Gasteiger partial charge is 0.465 e. The summed E-state index contributed by atoms with van der Waals surface area (Å²) in [6, 6.07) is 0. The van der Waals surface area contributed by atoms with Gasteiger partial charge in [-0.15, -0.1) is 0 Å². The van der Waals surface area contributed by atoms with Crippen LogP contribution >= 0.6 is 11.3 Å². The van der Waals surface area contributed by atoms with Gasteiger partial charge in [0.25, 0.3) is 0 Å². The fourth-order valence-electron chi connectivity index (χ4n) is 2.26. The standard InChI is InChI=1S/C12H18N2O2S/c1-3-4-9-5-6-14(8-9)12-13-7-10(17-12)11(15)16-2/h7,9H,3-6,8H2,1-2H3. The molecule has 1 unspecified atom stereocenters. The highest BCUT2D eigenvalue weighted by molar-refractivity contribution is 7.17. The van der Waals surface area contributed by atoms with Crippen molar-refractivity contribution >= 4 is 22.4 Å². The van der Waals surface area contributed by atoms with E-state index >= 15 is 0 Å². The second kappa shape index (κ2) is 5.49. The molecule has 0 aromatic carbocycles. The third-order valence-corrected chi connectivity index (χ3v) is 4.17. The van der Waals surface area contributed by atoms with Crippen LogP contribution in [-0.4, -0.2) is 31.2 Å². The number of hydrogen-bond acceptors (Lipinski definition) is 5. The van der Waals surface area contributed by atoms with Crippen LogP contribution < -0.4 is 4.90 Å². The Morgan fingerprint density at radius 2 is 2.53 bits per heavy atom. The van der Waals surface area contributed by atoms with Crippen LogP contribution in [0, 0.1) is 5.92 Å². The van der Waals surface area contributed by atoms with E-state index in [1.807, 2.05) is 0 Å². The number of anilines is 1. The van der Waals surface area contributed by atoms with Crippen molar-refractivity contribution in [2.75, 3.05) is 25.1 Å². The molecule has 2 heterocycles. The molecule has 1 aliphatic heterocycles. The second-order valence-corrected chi connectivity index (χ2v) is 5.40. The third-order valence-electron chi connectivity index (χ3n) is 3.13. The van der Waals surface area contributed by atoms with Crippen LogP contribution in [0.15, 0.2) is 6.20 Å². The van der Waals surface area contributed by atoms with Gasteiger partial charge in [-0.3, -0.25) is 0 Å². The highest BCUT2D eigenvalue weighted by Gasteiger charge is 2.24. The van der Waals surface area contributed by atoms with Gasteiger partial charge in [-0.1, -0.05) is 24.7 Å². The van der Waals surface area contributed by atoms with Crippen LogP contribution in [0.3, 0.4) is 0 Å². The Bertz CT molecular complexity index is 392. The number of carbonyl (C=O) groups is 1. The van der Waals surface area contributed by atoms with Gasteiger partial charge in [0.15, 0.2) is 5.13 Å². The van der Waals surface area contributed by atoms with E-state index in [4.69, 9.17) is 0 Å². The second-order valence-electron chi connectivity index (χ2n) is 4.39. The van der Waals surface area contributed by atoms with Gasteiger partial charge in [0.2, 0.25) is 0 Å². The van der Waals surface area contributed by atoms with Crippen molar-refractivity contribution in [3.63, 3.8) is 0 Å². The Balaban J connectivity index is 1.99. The molecule has 0 saturated carbocycles. The molecule has 0 amide bonds. The number of hydrogen-bond donors (Lipinski definition) is 0. The van der Waals surface area contributed by atoms with Crippen LogP contribution in [-0.2, 0) is 4.74 Å². The molecule has 1 saturated heterocycles. The van der Waals surface area contributed by atoms with E-state index in [1.54, 1.807) is 6.20 Å². The molecule has 0 radical (unpaired) electrons. The minimum absolute atomic E-state index is 0.293. The van der Waals surface area contributed by atoms with Crippen molar-refractivity contribution in [3.8, 4) is 0 Å². The summed E-state index contributed by atoms with van der Waals surface area (Å²) in [7, 11) is 1.40. The average molecular weight is 254 g/mol. The zero-order valence-corrected chi connectivity index (χ0v) is 11.1. The molecule has 1 fully saturated rings. The van der Waals surface area contributed by atoms with Crippen molar-refractivity contribution in [2.45, 2.75) is 26.2 Å². The molecule has 1 aliphatic rings. The summed E-state index contributed by atoms with van der Waals surface area (Å²) >= 11 is 1.42. The Morgan fingerprint density at radius 3 is 3.24 bits per heavy atom. The molecule has 1 aromatic heterocycles. The Morgan fingerprint density at radius 1 is 1.71 bits per heavy atom. The first-order chi connectivity index (χ1) is 8.24. The number of thiazole rings is 1. The van der Waals surface area contributed by atoms with E-state index in [9.17, 15) is 4.79 Å². The van der Waals surface area contributed by atoms with Crippen LogP contribution in [0.5, 0.6) is 0 Å². The number of ether oxygens (including phenoxy) is 1. The third kappa shape index (κ3) is 2.77. The van der Waals surface area contributed by atoms with Gasteiger partial charge in [0, 0.05) is 13.1 Å². The molecule has 5 heteroatoms. The molecular formula is C12H18N2O2S. The summed E-state index contributed by atoms with van der Waals surface area (Å²) in [5.41, 5.74) is 0. The van der Waals surface area contributed by atoms with E-state index in [0.29, 0.717) is 4.88 Å². The normalized spacial score (nSPS) is 19.6. The molecule has 0 bridgehead atoms. The predicted octanol–water partition coefficient (Wildman–Crippen LogP) is 2.56. The lowest BCUT2D eigenvalue weighted by molar-refractivity contribution is 0.0606. The summed E-state index contributed by atoms with van der Waals surface area (Å²) in [6.45, 7) is 4.35. The molecular weight excluding hydrogens is 236 g/mol. The number of methoxy groups -OCH3 is 1. The van der Waals surface area contributed by atoms with Crippen LogP contribution in [0.1, 0.15) is 35.9 Å². The van der Waals surface area contributed by atoms with Crippen molar-refractivity contribution in [1.29, 1.82) is 0 Å². The number of aromatic nitrogens is 1. The SMILES string of the molecule is CCCC1CCN(c2ncc(C(=O)OC)s2)C1. The van der Waals surface area contributed by atoms with Crippen LogP contribution in [0.4, 0.5) is 5.13 Å². The first-order valence-corrected chi connectivity index (χ1v) is 6.85. The summed E-state index contributed by atoms with van der Waals surface area (Å²) in [5, 5.41) is 0.948. The van der Waals surface area contributed by atoms with E-state index < -0.39 is 0 Å². The fraction of sp³-hybridized carbons (Fsp3) is 0.667. The Kier molecular flexibility index (Phi) is 3.99. The molecule has 0 aliphatic carbocycles. The lowest BCUT2D eigenvalue weighted by atomic mass is 10.0. The first kappa shape index (κ1) is 12.4. The maximum absolute atomic E-state index is 11.3. The lowest BCUT2D eigenvalue weighted by Gasteiger charge is -2.14. The van der Waals surface area contributed by atoms with Crippen LogP contribution in [0.25, 0.3) is 0 Å². The molecule has 2 rings (SSSR count). The van der Waals surface area contributed by atoms with Crippen molar-refractivity contribution in [3.05, 3.63) is 11.1 Å². The minimum atomic E-state index is -0.293. The zero-order chi connectivity index (χ0) is 12.3. The highest BCUT2D eigenvalue weighted by atomic mass is 32.1. The Hall–Kier alpha value is -1.10. The van der Waals surface area contributed by atoms with Gasteiger partial charge in [0.05, 0.1) is 13.3 Å². The molecule has 94 valence electrons. The fourth-order valence-corrected chi connectivity index (χ4v) is 3.13. The summed E-state index contributed by atoms with van der Waals surface area (Å²) in [6.07, 6.45) is 5.37. The molecule has 0 N–H and O–H groups in total. The summed E-state index contributed by atoms with van der Waals surface area (Å²) in [4.78, 5) is 18.5. The van der Waals surface area contributed by atoms with Crippen LogP contribution in [0.2, 0.25) is 0 Å². The van der Waals surface area contributed by atoms with E-state index in [-0.39, 0.29) is 5.97 Å². The highest BCUT2D eigenvalue weighted by Crippen LogP contribution is 2.29. The summed E-state index contributed by atoms with van der Waals surface area (Å²) in [5.74, 6) is 0.489. The number of rotatable bonds is 4. The molecule has 1 atom stereocenters. The molecule has 1 aromatic rings. The lowest BCUT2D eigenvalue weighted by Crippen LogP contribution is -2.19. The van der Waals surface area contributed by atoms with E-state index in [2.05, 4.69) is 21.5 Å². The van der Waals surface area contributed by atoms with Gasteiger partial charge in [-0.2, -0.15) is 0 Å². The molecule has 4 nitrogen and oxygen atoms in total. The number of carbonyl (C=O) groups excluding carboxylic acids is 1. The topological polar surface area (TPSA) is 42.4 Å². The predicted molar refractivity (Wildman–Crippen MR) is 68.7 cm³/mol. The molecule has 17 heavy (non-hydrogen) atoms. The van der Waals surface area contributed by atoms with Gasteiger partial charge >= 0.3 is 5.97 Å². The van der Waals surface area contributed by atoms with Gasteiger partial charge < -0.3 is 9.64 Å². The van der Waals surface area contributed by atoms with E-state index in [0.717, 1.165) is 24.1 Å². The average Bonchev–Trinajstić information content (AvgIpc) is 2.96. The Labute approximate surface area is 106 Å². The smallest absolute Gasteiger partial charge is 0.349 e. The number of nitrogens with zero attached hydrogens (tertiary/aromatic N) is 2. The zero-order valence-electron chi connectivity index (χ0n) is 10.3. The van der Waals surface area contributed by atoms with E-state index in [1.165, 1.54) is 37.7 Å². The van der Waals surface area contributed by atoms with Gasteiger partial charge in [-0.25, -0.2) is 9.78 Å².